The average molecular weight is 428 g/mol. The van der Waals surface area contributed by atoms with E-state index in [0.29, 0.717) is 56.8 Å². The first-order valence-corrected chi connectivity index (χ1v) is 11.4. The fourth-order valence-electron chi connectivity index (χ4n) is 5.03. The maximum absolute atomic E-state index is 13.1. The van der Waals surface area contributed by atoms with Crippen LogP contribution in [0, 0.1) is 0 Å². The fraction of sp³-hybridized carbons (Fsp3) is 0.636. The van der Waals surface area contributed by atoms with Gasteiger partial charge in [0.25, 0.3) is 11.5 Å². The Morgan fingerprint density at radius 1 is 1.19 bits per heavy atom. The molecule has 1 atom stereocenters. The molecule has 0 spiro atoms. The summed E-state index contributed by atoms with van der Waals surface area (Å²) in [5.41, 5.74) is 2.90. The van der Waals surface area contributed by atoms with Crippen LogP contribution in [0.25, 0.3) is 5.65 Å². The van der Waals surface area contributed by atoms with Crippen LogP contribution in [0.1, 0.15) is 61.9 Å². The van der Waals surface area contributed by atoms with E-state index in [4.69, 9.17) is 9.72 Å². The van der Waals surface area contributed by atoms with Crippen molar-refractivity contribution in [2.24, 2.45) is 0 Å². The van der Waals surface area contributed by atoms with Gasteiger partial charge in [-0.1, -0.05) is 6.92 Å². The van der Waals surface area contributed by atoms with E-state index in [2.05, 4.69) is 5.10 Å². The highest BCUT2D eigenvalue weighted by Gasteiger charge is 2.32. The number of aromatic amines is 1. The molecule has 0 radical (unpaired) electrons. The number of rotatable bonds is 3. The number of amides is 2. The highest BCUT2D eigenvalue weighted by atomic mass is 16.5. The third-order valence-electron chi connectivity index (χ3n) is 6.89. The molecule has 166 valence electrons. The molecular formula is C22H29N5O4. The van der Waals surface area contributed by atoms with Gasteiger partial charge >= 0.3 is 0 Å². The van der Waals surface area contributed by atoms with Gasteiger partial charge in [-0.25, -0.2) is 9.50 Å². The Hall–Kier alpha value is -2.68. The number of nitrogens with zero attached hydrogens (tertiary/aromatic N) is 4. The van der Waals surface area contributed by atoms with E-state index in [1.165, 1.54) is 4.52 Å². The van der Waals surface area contributed by atoms with Gasteiger partial charge in [-0.05, 0) is 25.7 Å². The summed E-state index contributed by atoms with van der Waals surface area (Å²) in [6, 6.07) is 1.97. The van der Waals surface area contributed by atoms with E-state index >= 15 is 0 Å². The topological polar surface area (TPSA) is 100 Å². The second kappa shape index (κ2) is 8.11. The van der Waals surface area contributed by atoms with Gasteiger partial charge in [-0.3, -0.25) is 19.5 Å². The van der Waals surface area contributed by atoms with Crippen molar-refractivity contribution < 1.29 is 14.3 Å². The van der Waals surface area contributed by atoms with Crippen LogP contribution in [0.15, 0.2) is 10.9 Å². The molecule has 3 aliphatic heterocycles. The summed E-state index contributed by atoms with van der Waals surface area (Å²) >= 11 is 0. The standard InChI is InChI=1S/C22H29N5O4/c1-2-20(28)26-10-7-16-15(13-26)21(29)27-19(23-16)12-17(24-27)14-5-8-25(9-6-14)22(30)18-4-3-11-31-18/h12,14,18,24H,2-11,13H2,1H3/t18-/m1/s1. The summed E-state index contributed by atoms with van der Waals surface area (Å²) < 4.78 is 7.05. The van der Waals surface area contributed by atoms with E-state index in [0.717, 1.165) is 37.1 Å². The van der Waals surface area contributed by atoms with Gasteiger partial charge in [-0.15, -0.1) is 0 Å². The third kappa shape index (κ3) is 3.64. The number of hydrogen-bond donors (Lipinski definition) is 1. The van der Waals surface area contributed by atoms with Crippen LogP contribution in [0.4, 0.5) is 0 Å². The van der Waals surface area contributed by atoms with Crippen LogP contribution in [0.2, 0.25) is 0 Å². The normalized spacial score (nSPS) is 22.2. The van der Waals surface area contributed by atoms with E-state index in [9.17, 15) is 14.4 Å². The largest absolute Gasteiger partial charge is 0.368 e. The lowest BCUT2D eigenvalue weighted by atomic mass is 9.93. The van der Waals surface area contributed by atoms with E-state index < -0.39 is 0 Å². The third-order valence-corrected chi connectivity index (χ3v) is 6.89. The molecule has 31 heavy (non-hydrogen) atoms. The lowest BCUT2D eigenvalue weighted by Crippen LogP contribution is -2.43. The first-order chi connectivity index (χ1) is 15.0. The molecule has 0 aromatic carbocycles. The molecule has 5 heterocycles. The van der Waals surface area contributed by atoms with Crippen molar-refractivity contribution >= 4 is 17.5 Å². The van der Waals surface area contributed by atoms with Crippen molar-refractivity contribution in [3.8, 4) is 0 Å². The van der Waals surface area contributed by atoms with Crippen molar-refractivity contribution in [2.75, 3.05) is 26.2 Å². The van der Waals surface area contributed by atoms with Crippen molar-refractivity contribution in [1.82, 2.24) is 24.4 Å². The molecule has 0 bridgehead atoms. The van der Waals surface area contributed by atoms with Gasteiger partial charge in [0.15, 0.2) is 5.65 Å². The number of piperidine rings is 1. The van der Waals surface area contributed by atoms with Crippen LogP contribution in [0.5, 0.6) is 0 Å². The molecule has 3 aliphatic rings. The Morgan fingerprint density at radius 3 is 2.71 bits per heavy atom. The minimum absolute atomic E-state index is 0.0617. The van der Waals surface area contributed by atoms with E-state index in [1.807, 2.05) is 17.9 Å². The lowest BCUT2D eigenvalue weighted by Gasteiger charge is -2.32. The maximum Gasteiger partial charge on any atom is 0.277 e. The zero-order chi connectivity index (χ0) is 21.5. The van der Waals surface area contributed by atoms with E-state index in [1.54, 1.807) is 4.90 Å². The minimum atomic E-state index is -0.266. The van der Waals surface area contributed by atoms with Gasteiger partial charge in [0, 0.05) is 56.8 Å². The minimum Gasteiger partial charge on any atom is -0.368 e. The van der Waals surface area contributed by atoms with Crippen LogP contribution in [-0.4, -0.2) is 68.6 Å². The van der Waals surface area contributed by atoms with Crippen molar-refractivity contribution in [1.29, 1.82) is 0 Å². The van der Waals surface area contributed by atoms with Crippen molar-refractivity contribution in [3.63, 3.8) is 0 Å². The average Bonchev–Trinajstić information content (AvgIpc) is 3.49. The zero-order valence-corrected chi connectivity index (χ0v) is 17.9. The number of nitrogens with one attached hydrogen (secondary N) is 1. The second-order valence-electron chi connectivity index (χ2n) is 8.77. The number of hydrogen-bond acceptors (Lipinski definition) is 5. The Labute approximate surface area is 180 Å². The van der Waals surface area contributed by atoms with Gasteiger partial charge in [0.05, 0.1) is 17.8 Å². The van der Waals surface area contributed by atoms with Gasteiger partial charge in [0.1, 0.15) is 6.10 Å². The highest BCUT2D eigenvalue weighted by Crippen LogP contribution is 2.29. The van der Waals surface area contributed by atoms with Gasteiger partial charge in [0.2, 0.25) is 5.91 Å². The first-order valence-electron chi connectivity index (χ1n) is 11.4. The summed E-state index contributed by atoms with van der Waals surface area (Å²) in [5, 5.41) is 3.25. The van der Waals surface area contributed by atoms with Crippen LogP contribution in [-0.2, 0) is 27.3 Å². The number of ether oxygens (including phenoxy) is 1. The zero-order valence-electron chi connectivity index (χ0n) is 17.9. The number of carbonyl (C=O) groups excluding carboxylic acids is 2. The van der Waals surface area contributed by atoms with Crippen LogP contribution < -0.4 is 5.56 Å². The Balaban J connectivity index is 1.33. The summed E-state index contributed by atoms with van der Waals surface area (Å²) in [6.07, 6.45) is 4.25. The molecule has 2 aromatic heterocycles. The maximum atomic E-state index is 13.1. The predicted octanol–water partition coefficient (Wildman–Crippen LogP) is 1.20. The molecule has 9 nitrogen and oxygen atoms in total. The first kappa shape index (κ1) is 20.2. The van der Waals surface area contributed by atoms with Gasteiger partial charge < -0.3 is 14.5 Å². The molecule has 2 amide bonds. The van der Waals surface area contributed by atoms with Crippen molar-refractivity contribution in [3.05, 3.63) is 33.4 Å². The number of carbonyl (C=O) groups is 2. The van der Waals surface area contributed by atoms with Crippen LogP contribution in [0.3, 0.4) is 0 Å². The highest BCUT2D eigenvalue weighted by molar-refractivity contribution is 5.81. The number of likely N-dealkylation sites (tertiary alicyclic amines) is 1. The second-order valence-corrected chi connectivity index (χ2v) is 8.77. The molecule has 2 saturated heterocycles. The number of aromatic nitrogens is 3. The van der Waals surface area contributed by atoms with Crippen molar-refractivity contribution in [2.45, 2.75) is 64.0 Å². The van der Waals surface area contributed by atoms with E-state index in [-0.39, 0.29) is 29.4 Å². The number of fused-ring (bicyclic) bond motifs is 2. The number of H-pyrrole nitrogens is 1. The lowest BCUT2D eigenvalue weighted by molar-refractivity contribution is -0.142. The molecule has 0 saturated carbocycles. The monoisotopic (exact) mass is 427 g/mol. The Morgan fingerprint density at radius 2 is 2.00 bits per heavy atom. The predicted molar refractivity (Wildman–Crippen MR) is 113 cm³/mol. The Kier molecular flexibility index (Phi) is 5.29. The molecule has 2 aromatic rings. The summed E-state index contributed by atoms with van der Waals surface area (Å²) in [5.74, 6) is 0.431. The molecule has 0 unspecified atom stereocenters. The van der Waals surface area contributed by atoms with Gasteiger partial charge in [-0.2, -0.15) is 0 Å². The molecule has 2 fully saturated rings. The summed E-state index contributed by atoms with van der Waals surface area (Å²) in [6.45, 7) is 4.85. The summed E-state index contributed by atoms with van der Waals surface area (Å²) in [4.78, 5) is 46.1. The molecular weight excluding hydrogens is 398 g/mol. The molecule has 5 rings (SSSR count). The smallest absolute Gasteiger partial charge is 0.277 e. The Bertz CT molecular complexity index is 1060. The molecule has 9 heteroatoms. The quantitative estimate of drug-likeness (QED) is 0.794. The summed E-state index contributed by atoms with van der Waals surface area (Å²) in [7, 11) is 0. The fourth-order valence-corrected chi connectivity index (χ4v) is 5.03. The molecule has 1 N–H and O–H groups in total. The SMILES string of the molecule is CCC(=O)N1CCc2nc3cc(C4CCN(C(=O)[C@H]5CCCO5)CC4)[nH]n3c(=O)c2C1. The molecule has 0 aliphatic carbocycles. The van der Waals surface area contributed by atoms with Crippen LogP contribution >= 0.6 is 0 Å².